The van der Waals surface area contributed by atoms with Crippen LogP contribution >= 0.6 is 11.3 Å². The Morgan fingerprint density at radius 2 is 1.85 bits per heavy atom. The first-order valence-electron chi connectivity index (χ1n) is 7.79. The van der Waals surface area contributed by atoms with Crippen molar-refractivity contribution in [3.05, 3.63) is 40.9 Å². The number of esters is 1. The second-order valence-electron chi connectivity index (χ2n) is 5.59. The maximum Gasteiger partial charge on any atom is 0.338 e. The Balaban J connectivity index is 1.55. The Morgan fingerprint density at radius 1 is 1.19 bits per heavy atom. The van der Waals surface area contributed by atoms with Gasteiger partial charge in [0.15, 0.2) is 11.7 Å². The fourth-order valence-electron chi connectivity index (χ4n) is 2.39. The van der Waals surface area contributed by atoms with E-state index in [-0.39, 0.29) is 30.2 Å². The lowest BCUT2D eigenvalue weighted by Crippen LogP contribution is -2.28. The first-order valence-corrected chi connectivity index (χ1v) is 8.67. The Bertz CT molecular complexity index is 859. The summed E-state index contributed by atoms with van der Waals surface area (Å²) < 4.78 is 4.95. The quantitative estimate of drug-likeness (QED) is 0.634. The first-order chi connectivity index (χ1) is 12.4. The minimum absolute atomic E-state index is 0.191. The molecule has 0 aliphatic carbocycles. The molecule has 1 aromatic heterocycles. The number of aromatic nitrogens is 1. The maximum atomic E-state index is 12.0. The number of amides is 3. The SMILES string of the molecule is Cc1csc(NC(=O)COC(=O)c2ccc(N3C(=O)CCC3=O)cc2)n1. The zero-order valence-electron chi connectivity index (χ0n) is 13.9. The van der Waals surface area contributed by atoms with Gasteiger partial charge in [0.1, 0.15) is 0 Å². The smallest absolute Gasteiger partial charge is 0.338 e. The van der Waals surface area contributed by atoms with Gasteiger partial charge in [-0.3, -0.25) is 24.6 Å². The van der Waals surface area contributed by atoms with Crippen LogP contribution in [0.2, 0.25) is 0 Å². The van der Waals surface area contributed by atoms with Gasteiger partial charge >= 0.3 is 5.97 Å². The van der Waals surface area contributed by atoms with Gasteiger partial charge < -0.3 is 4.74 Å². The summed E-state index contributed by atoms with van der Waals surface area (Å²) in [5.41, 5.74) is 1.41. The number of anilines is 2. The van der Waals surface area contributed by atoms with Gasteiger partial charge in [-0.2, -0.15) is 0 Å². The third kappa shape index (κ3) is 3.94. The van der Waals surface area contributed by atoms with Gasteiger partial charge in [-0.15, -0.1) is 11.3 Å². The van der Waals surface area contributed by atoms with Crippen molar-refractivity contribution in [2.75, 3.05) is 16.8 Å². The van der Waals surface area contributed by atoms with E-state index in [9.17, 15) is 19.2 Å². The summed E-state index contributed by atoms with van der Waals surface area (Å²) in [6.07, 6.45) is 0.382. The topological polar surface area (TPSA) is 106 Å². The lowest BCUT2D eigenvalue weighted by atomic mass is 10.2. The summed E-state index contributed by atoms with van der Waals surface area (Å²) in [6, 6.07) is 5.88. The lowest BCUT2D eigenvalue weighted by Gasteiger charge is -2.13. The fraction of sp³-hybridized carbons (Fsp3) is 0.235. The normalized spacial score (nSPS) is 13.8. The number of hydrogen-bond donors (Lipinski definition) is 1. The van der Waals surface area contributed by atoms with E-state index in [1.54, 1.807) is 12.3 Å². The molecular formula is C17H15N3O5S. The van der Waals surface area contributed by atoms with Crippen LogP contribution in [0.3, 0.4) is 0 Å². The third-order valence-corrected chi connectivity index (χ3v) is 4.49. The van der Waals surface area contributed by atoms with Crippen molar-refractivity contribution in [2.45, 2.75) is 19.8 Å². The van der Waals surface area contributed by atoms with Crippen LogP contribution in [-0.4, -0.2) is 35.3 Å². The summed E-state index contributed by atoms with van der Waals surface area (Å²) in [6.45, 7) is 1.36. The molecule has 3 amide bonds. The van der Waals surface area contributed by atoms with Crippen LogP contribution in [0.4, 0.5) is 10.8 Å². The van der Waals surface area contributed by atoms with Gasteiger partial charge in [0.25, 0.3) is 5.91 Å². The number of aryl methyl sites for hydroxylation is 1. The molecular weight excluding hydrogens is 358 g/mol. The number of benzene rings is 1. The van der Waals surface area contributed by atoms with Crippen molar-refractivity contribution in [3.8, 4) is 0 Å². The number of ether oxygens (including phenoxy) is 1. The molecule has 0 spiro atoms. The lowest BCUT2D eigenvalue weighted by molar-refractivity contribution is -0.121. The Kier molecular flexibility index (Phi) is 5.08. The van der Waals surface area contributed by atoms with E-state index >= 15 is 0 Å². The standard InChI is InChI=1S/C17H15N3O5S/c1-10-9-26-17(18-10)19-13(21)8-25-16(24)11-2-4-12(5-3-11)20-14(22)6-7-15(20)23/h2-5,9H,6-8H2,1H3,(H,18,19,21). The summed E-state index contributed by atoms with van der Waals surface area (Å²) >= 11 is 1.28. The largest absolute Gasteiger partial charge is 0.452 e. The first kappa shape index (κ1) is 17.7. The molecule has 1 aliphatic rings. The van der Waals surface area contributed by atoms with Crippen LogP contribution < -0.4 is 10.2 Å². The van der Waals surface area contributed by atoms with Gasteiger partial charge in [0.2, 0.25) is 11.8 Å². The van der Waals surface area contributed by atoms with Crippen LogP contribution in [0.1, 0.15) is 28.9 Å². The number of nitrogens with zero attached hydrogens (tertiary/aromatic N) is 2. The number of carbonyl (C=O) groups excluding carboxylic acids is 4. The number of imide groups is 1. The molecule has 1 N–H and O–H groups in total. The number of thiazole rings is 1. The van der Waals surface area contributed by atoms with Crippen molar-refractivity contribution >= 4 is 45.8 Å². The van der Waals surface area contributed by atoms with Crippen LogP contribution in [0.15, 0.2) is 29.6 Å². The predicted octanol–water partition coefficient (Wildman–Crippen LogP) is 1.90. The average molecular weight is 373 g/mol. The van der Waals surface area contributed by atoms with E-state index in [0.717, 1.165) is 10.6 Å². The molecule has 9 heteroatoms. The van der Waals surface area contributed by atoms with E-state index in [4.69, 9.17) is 4.74 Å². The Labute approximate surface area is 152 Å². The third-order valence-electron chi connectivity index (χ3n) is 3.61. The van der Waals surface area contributed by atoms with E-state index in [1.807, 2.05) is 0 Å². The molecule has 134 valence electrons. The summed E-state index contributed by atoms with van der Waals surface area (Å²) in [4.78, 5) is 52.3. The van der Waals surface area contributed by atoms with Crippen LogP contribution in [-0.2, 0) is 19.1 Å². The van der Waals surface area contributed by atoms with Crippen LogP contribution in [0, 0.1) is 6.92 Å². The molecule has 0 atom stereocenters. The van der Waals surface area contributed by atoms with Crippen molar-refractivity contribution < 1.29 is 23.9 Å². The van der Waals surface area contributed by atoms with E-state index in [1.165, 1.54) is 35.6 Å². The molecule has 3 rings (SSSR count). The molecule has 2 heterocycles. The zero-order chi connectivity index (χ0) is 18.7. The van der Waals surface area contributed by atoms with Gasteiger partial charge in [-0.1, -0.05) is 0 Å². The highest BCUT2D eigenvalue weighted by atomic mass is 32.1. The number of carbonyl (C=O) groups is 4. The number of nitrogens with one attached hydrogen (secondary N) is 1. The second kappa shape index (κ2) is 7.44. The summed E-state index contributed by atoms with van der Waals surface area (Å²) in [7, 11) is 0. The molecule has 1 saturated heterocycles. The molecule has 8 nitrogen and oxygen atoms in total. The summed E-state index contributed by atoms with van der Waals surface area (Å²) in [5, 5.41) is 4.76. The van der Waals surface area contributed by atoms with Crippen molar-refractivity contribution in [2.24, 2.45) is 0 Å². The highest BCUT2D eigenvalue weighted by molar-refractivity contribution is 7.13. The van der Waals surface area contributed by atoms with Crippen LogP contribution in [0.25, 0.3) is 0 Å². The van der Waals surface area contributed by atoms with Gasteiger partial charge in [0.05, 0.1) is 16.9 Å². The minimum Gasteiger partial charge on any atom is -0.452 e. The Morgan fingerprint density at radius 3 is 2.42 bits per heavy atom. The van der Waals surface area contributed by atoms with Gasteiger partial charge in [-0.05, 0) is 31.2 Å². The number of hydrogen-bond acceptors (Lipinski definition) is 7. The predicted molar refractivity (Wildman–Crippen MR) is 93.9 cm³/mol. The second-order valence-corrected chi connectivity index (χ2v) is 6.45. The van der Waals surface area contributed by atoms with Crippen LogP contribution in [0.5, 0.6) is 0 Å². The number of rotatable bonds is 5. The maximum absolute atomic E-state index is 12.0. The molecule has 1 fully saturated rings. The zero-order valence-corrected chi connectivity index (χ0v) is 14.7. The molecule has 2 aromatic rings. The average Bonchev–Trinajstić information content (AvgIpc) is 3.18. The molecule has 1 aromatic carbocycles. The van der Waals surface area contributed by atoms with Gasteiger partial charge in [0, 0.05) is 18.2 Å². The van der Waals surface area contributed by atoms with Crippen molar-refractivity contribution in [1.29, 1.82) is 0 Å². The van der Waals surface area contributed by atoms with E-state index < -0.39 is 18.5 Å². The molecule has 0 saturated carbocycles. The highest BCUT2D eigenvalue weighted by Gasteiger charge is 2.30. The molecule has 26 heavy (non-hydrogen) atoms. The fourth-order valence-corrected chi connectivity index (χ4v) is 3.10. The minimum atomic E-state index is -0.680. The van der Waals surface area contributed by atoms with E-state index in [0.29, 0.717) is 10.8 Å². The molecule has 1 aliphatic heterocycles. The van der Waals surface area contributed by atoms with Crippen molar-refractivity contribution in [1.82, 2.24) is 4.98 Å². The molecule has 0 radical (unpaired) electrons. The van der Waals surface area contributed by atoms with Crippen molar-refractivity contribution in [3.63, 3.8) is 0 Å². The van der Waals surface area contributed by atoms with E-state index in [2.05, 4.69) is 10.3 Å². The monoisotopic (exact) mass is 373 g/mol. The Hall–Kier alpha value is -3.07. The molecule has 0 bridgehead atoms. The molecule has 0 unspecified atom stereocenters. The summed E-state index contributed by atoms with van der Waals surface area (Å²) in [5.74, 6) is -1.70. The highest BCUT2D eigenvalue weighted by Crippen LogP contribution is 2.23. The van der Waals surface area contributed by atoms with Gasteiger partial charge in [-0.25, -0.2) is 9.78 Å².